The predicted octanol–water partition coefficient (Wildman–Crippen LogP) is 2.90. The summed E-state index contributed by atoms with van der Waals surface area (Å²) in [6.07, 6.45) is 1.73. The molecule has 5 nitrogen and oxygen atoms in total. The lowest BCUT2D eigenvalue weighted by atomic mass is 9.96. The van der Waals surface area contributed by atoms with E-state index >= 15 is 0 Å². The third-order valence-corrected chi connectivity index (χ3v) is 4.59. The summed E-state index contributed by atoms with van der Waals surface area (Å²) >= 11 is 0. The second-order valence-corrected chi connectivity index (χ2v) is 6.52. The first kappa shape index (κ1) is 16.6. The van der Waals surface area contributed by atoms with Gasteiger partial charge in [0.05, 0.1) is 6.54 Å². The number of carbonyl (C=O) groups is 1. The highest BCUT2D eigenvalue weighted by atomic mass is 16.3. The zero-order valence-corrected chi connectivity index (χ0v) is 14.1. The number of furan rings is 1. The van der Waals surface area contributed by atoms with Gasteiger partial charge in [0.15, 0.2) is 0 Å². The van der Waals surface area contributed by atoms with E-state index in [1.807, 2.05) is 19.1 Å². The number of benzene rings is 1. The number of primary amides is 1. The van der Waals surface area contributed by atoms with Gasteiger partial charge in [-0.2, -0.15) is 0 Å². The molecule has 0 radical (unpaired) electrons. The standard InChI is InChI=1S/C19H25N3O2/c1-14-5-6-18(24-14)12-21-17-4-2-3-15(11-17)13-22-9-7-16(8-10-22)19(20)23/h2-6,11,16,21H,7-10,12-13H2,1H3,(H2,20,23). The summed E-state index contributed by atoms with van der Waals surface area (Å²) in [5.74, 6) is 1.76. The fourth-order valence-electron chi connectivity index (χ4n) is 3.18. The molecule has 2 heterocycles. The molecular formula is C19H25N3O2. The van der Waals surface area contributed by atoms with Crippen molar-refractivity contribution in [3.05, 3.63) is 53.5 Å². The van der Waals surface area contributed by atoms with Crippen molar-refractivity contribution in [2.45, 2.75) is 32.9 Å². The van der Waals surface area contributed by atoms with Crippen LogP contribution in [-0.2, 0) is 17.9 Å². The summed E-state index contributed by atoms with van der Waals surface area (Å²) in [6, 6.07) is 12.4. The van der Waals surface area contributed by atoms with Gasteiger partial charge in [-0.25, -0.2) is 0 Å². The third-order valence-electron chi connectivity index (χ3n) is 4.59. The first-order valence-electron chi connectivity index (χ1n) is 8.50. The highest BCUT2D eigenvalue weighted by Crippen LogP contribution is 2.20. The van der Waals surface area contributed by atoms with Crippen molar-refractivity contribution >= 4 is 11.6 Å². The van der Waals surface area contributed by atoms with Crippen molar-refractivity contribution in [1.29, 1.82) is 0 Å². The van der Waals surface area contributed by atoms with Gasteiger partial charge in [0.1, 0.15) is 11.5 Å². The number of nitrogens with one attached hydrogen (secondary N) is 1. The third kappa shape index (κ3) is 4.38. The van der Waals surface area contributed by atoms with Crippen LogP contribution in [0.4, 0.5) is 5.69 Å². The second-order valence-electron chi connectivity index (χ2n) is 6.52. The van der Waals surface area contributed by atoms with E-state index in [4.69, 9.17) is 10.2 Å². The van der Waals surface area contributed by atoms with E-state index in [9.17, 15) is 4.79 Å². The molecule has 0 atom stereocenters. The Kier molecular flexibility index (Phi) is 5.20. The Morgan fingerprint density at radius 2 is 2.08 bits per heavy atom. The fraction of sp³-hybridized carbons (Fsp3) is 0.421. The van der Waals surface area contributed by atoms with Crippen LogP contribution in [0.3, 0.4) is 0 Å². The van der Waals surface area contributed by atoms with Crippen molar-refractivity contribution in [1.82, 2.24) is 4.90 Å². The summed E-state index contributed by atoms with van der Waals surface area (Å²) in [5, 5.41) is 3.40. The van der Waals surface area contributed by atoms with Gasteiger partial charge >= 0.3 is 0 Å². The molecule has 0 bridgehead atoms. The minimum atomic E-state index is -0.158. The van der Waals surface area contributed by atoms with E-state index in [0.29, 0.717) is 6.54 Å². The van der Waals surface area contributed by atoms with Crippen LogP contribution in [0.1, 0.15) is 29.9 Å². The molecule has 5 heteroatoms. The number of carbonyl (C=O) groups excluding carboxylic acids is 1. The first-order chi connectivity index (χ1) is 11.6. The topological polar surface area (TPSA) is 71.5 Å². The van der Waals surface area contributed by atoms with Gasteiger partial charge in [0.2, 0.25) is 5.91 Å². The van der Waals surface area contributed by atoms with Gasteiger partial charge in [-0.05, 0) is 62.7 Å². The van der Waals surface area contributed by atoms with Gasteiger partial charge in [0, 0.05) is 18.2 Å². The zero-order chi connectivity index (χ0) is 16.9. The summed E-state index contributed by atoms with van der Waals surface area (Å²) in [7, 11) is 0. The second kappa shape index (κ2) is 7.53. The van der Waals surface area contributed by atoms with Gasteiger partial charge in [-0.1, -0.05) is 12.1 Å². The van der Waals surface area contributed by atoms with Gasteiger partial charge < -0.3 is 15.5 Å². The number of hydrogen-bond donors (Lipinski definition) is 2. The highest BCUT2D eigenvalue weighted by molar-refractivity contribution is 5.76. The Morgan fingerprint density at radius 1 is 1.29 bits per heavy atom. The molecule has 3 N–H and O–H groups in total. The Labute approximate surface area is 142 Å². The van der Waals surface area contributed by atoms with E-state index in [1.165, 1.54) is 5.56 Å². The number of amides is 1. The lowest BCUT2D eigenvalue weighted by Crippen LogP contribution is -2.38. The number of anilines is 1. The maximum atomic E-state index is 11.2. The number of rotatable bonds is 6. The monoisotopic (exact) mass is 327 g/mol. The number of aryl methyl sites for hydroxylation is 1. The van der Waals surface area contributed by atoms with Crippen LogP contribution >= 0.6 is 0 Å². The van der Waals surface area contributed by atoms with Crippen LogP contribution in [0, 0.1) is 12.8 Å². The maximum Gasteiger partial charge on any atom is 0.220 e. The minimum absolute atomic E-state index is 0.0472. The van der Waals surface area contributed by atoms with E-state index < -0.39 is 0 Å². The first-order valence-corrected chi connectivity index (χ1v) is 8.50. The lowest BCUT2D eigenvalue weighted by Gasteiger charge is -2.30. The fourth-order valence-corrected chi connectivity index (χ4v) is 3.18. The molecule has 0 spiro atoms. The van der Waals surface area contributed by atoms with Crippen molar-refractivity contribution in [3.8, 4) is 0 Å². The normalized spacial score (nSPS) is 16.2. The van der Waals surface area contributed by atoms with Crippen LogP contribution in [-0.4, -0.2) is 23.9 Å². The Bertz CT molecular complexity index is 687. The molecule has 2 aromatic rings. The Balaban J connectivity index is 1.52. The summed E-state index contributed by atoms with van der Waals surface area (Å²) in [5.41, 5.74) is 7.76. The Hall–Kier alpha value is -2.27. The zero-order valence-electron chi connectivity index (χ0n) is 14.1. The minimum Gasteiger partial charge on any atom is -0.465 e. The van der Waals surface area contributed by atoms with Crippen LogP contribution in [0.2, 0.25) is 0 Å². The largest absolute Gasteiger partial charge is 0.465 e. The van der Waals surface area contributed by atoms with Crippen LogP contribution in [0.15, 0.2) is 40.8 Å². The number of piperidine rings is 1. The van der Waals surface area contributed by atoms with Gasteiger partial charge in [-0.15, -0.1) is 0 Å². The molecule has 24 heavy (non-hydrogen) atoms. The van der Waals surface area contributed by atoms with E-state index in [1.54, 1.807) is 0 Å². The quantitative estimate of drug-likeness (QED) is 0.856. The van der Waals surface area contributed by atoms with E-state index in [0.717, 1.165) is 49.7 Å². The van der Waals surface area contributed by atoms with Crippen molar-refractivity contribution < 1.29 is 9.21 Å². The molecule has 1 aliphatic rings. The molecule has 1 amide bonds. The molecule has 1 aromatic carbocycles. The SMILES string of the molecule is Cc1ccc(CNc2cccc(CN3CCC(C(N)=O)CC3)c2)o1. The molecule has 1 fully saturated rings. The molecule has 0 unspecified atom stereocenters. The molecule has 0 aliphatic carbocycles. The molecule has 128 valence electrons. The van der Waals surface area contributed by atoms with Crippen molar-refractivity contribution in [2.75, 3.05) is 18.4 Å². The summed E-state index contributed by atoms with van der Waals surface area (Å²) in [4.78, 5) is 13.6. The maximum absolute atomic E-state index is 11.2. The molecule has 3 rings (SSSR count). The average Bonchev–Trinajstić information content (AvgIpc) is 2.99. The van der Waals surface area contributed by atoms with Gasteiger partial charge in [0.25, 0.3) is 0 Å². The molecule has 1 aromatic heterocycles. The van der Waals surface area contributed by atoms with E-state index in [-0.39, 0.29) is 11.8 Å². The van der Waals surface area contributed by atoms with Crippen LogP contribution in [0.5, 0.6) is 0 Å². The van der Waals surface area contributed by atoms with Crippen molar-refractivity contribution in [2.24, 2.45) is 11.7 Å². The average molecular weight is 327 g/mol. The smallest absolute Gasteiger partial charge is 0.220 e. The van der Waals surface area contributed by atoms with E-state index in [2.05, 4.69) is 34.5 Å². The number of nitrogens with two attached hydrogens (primary N) is 1. The highest BCUT2D eigenvalue weighted by Gasteiger charge is 2.22. The van der Waals surface area contributed by atoms with Crippen molar-refractivity contribution in [3.63, 3.8) is 0 Å². The number of hydrogen-bond acceptors (Lipinski definition) is 4. The summed E-state index contributed by atoms with van der Waals surface area (Å²) < 4.78 is 5.58. The Morgan fingerprint density at radius 3 is 2.75 bits per heavy atom. The van der Waals surface area contributed by atoms with Crippen LogP contribution in [0.25, 0.3) is 0 Å². The predicted molar refractivity (Wildman–Crippen MR) is 94.4 cm³/mol. The molecular weight excluding hydrogens is 302 g/mol. The van der Waals surface area contributed by atoms with Gasteiger partial charge in [-0.3, -0.25) is 9.69 Å². The molecule has 1 aliphatic heterocycles. The number of nitrogens with zero attached hydrogens (tertiary/aromatic N) is 1. The lowest BCUT2D eigenvalue weighted by molar-refractivity contribution is -0.123. The molecule has 0 saturated carbocycles. The molecule has 1 saturated heterocycles. The number of likely N-dealkylation sites (tertiary alicyclic amines) is 1. The summed E-state index contributed by atoms with van der Waals surface area (Å²) in [6.45, 7) is 5.39. The van der Waals surface area contributed by atoms with Crippen LogP contribution < -0.4 is 11.1 Å².